The van der Waals surface area contributed by atoms with E-state index in [1.54, 1.807) is 0 Å². The summed E-state index contributed by atoms with van der Waals surface area (Å²) >= 11 is 0. The fourth-order valence-electron chi connectivity index (χ4n) is 2.40. The number of hydrogen-bond donors (Lipinski definition) is 1. The first kappa shape index (κ1) is 19.4. The number of halogens is 1. The molecule has 0 aliphatic heterocycles. The van der Waals surface area contributed by atoms with Gasteiger partial charge in [0.25, 0.3) is 5.91 Å². The van der Waals surface area contributed by atoms with Gasteiger partial charge in [-0.1, -0.05) is 18.2 Å². The lowest BCUT2D eigenvalue weighted by Crippen LogP contribution is -2.31. The van der Waals surface area contributed by atoms with E-state index >= 15 is 0 Å². The Hall–Kier alpha value is -2.89. The van der Waals surface area contributed by atoms with Crippen LogP contribution < -0.4 is 10.1 Å². The van der Waals surface area contributed by atoms with Crippen LogP contribution in [0.4, 0.5) is 4.39 Å². The van der Waals surface area contributed by atoms with E-state index in [-0.39, 0.29) is 11.6 Å². The van der Waals surface area contributed by atoms with E-state index in [0.717, 1.165) is 17.2 Å². The average molecular weight is 359 g/mol. The Kier molecular flexibility index (Phi) is 6.33. The van der Waals surface area contributed by atoms with Crippen LogP contribution in [0.1, 0.15) is 40.0 Å². The summed E-state index contributed by atoms with van der Waals surface area (Å²) in [4.78, 5) is 23.9. The van der Waals surface area contributed by atoms with E-state index in [1.165, 1.54) is 24.8 Å². The first-order valence-corrected chi connectivity index (χ1v) is 8.19. The lowest BCUT2D eigenvalue weighted by atomic mass is 10.0. The van der Waals surface area contributed by atoms with Gasteiger partial charge in [-0.2, -0.15) is 0 Å². The lowest BCUT2D eigenvalue weighted by Gasteiger charge is -2.16. The van der Waals surface area contributed by atoms with E-state index < -0.39 is 24.3 Å². The topological polar surface area (TPSA) is 64.6 Å². The van der Waals surface area contributed by atoms with Crippen LogP contribution in [0.3, 0.4) is 0 Å². The summed E-state index contributed by atoms with van der Waals surface area (Å²) in [6.45, 7) is 5.37. The van der Waals surface area contributed by atoms with Gasteiger partial charge in [-0.05, 0) is 49.6 Å². The molecule has 0 bridgehead atoms. The molecule has 1 atom stereocenters. The third-order valence-electron chi connectivity index (χ3n) is 4.14. The SMILES string of the molecule is COc1ccc(C(=O)OCC(=O)N[C@H](C)c2ccc(C)c(C)c2)c(F)c1. The van der Waals surface area contributed by atoms with E-state index in [9.17, 15) is 14.0 Å². The number of aryl methyl sites for hydroxylation is 2. The van der Waals surface area contributed by atoms with Crippen molar-refractivity contribution in [3.8, 4) is 5.75 Å². The summed E-state index contributed by atoms with van der Waals surface area (Å²) in [6, 6.07) is 9.47. The number of amides is 1. The number of carbonyl (C=O) groups is 2. The van der Waals surface area contributed by atoms with Gasteiger partial charge in [-0.3, -0.25) is 4.79 Å². The third-order valence-corrected chi connectivity index (χ3v) is 4.14. The minimum absolute atomic E-state index is 0.238. The minimum atomic E-state index is -0.904. The van der Waals surface area contributed by atoms with Gasteiger partial charge in [0.1, 0.15) is 11.6 Å². The van der Waals surface area contributed by atoms with Crippen molar-refractivity contribution in [2.45, 2.75) is 26.8 Å². The second kappa shape index (κ2) is 8.47. The fourth-order valence-corrected chi connectivity index (χ4v) is 2.40. The van der Waals surface area contributed by atoms with Gasteiger partial charge in [0.2, 0.25) is 0 Å². The Morgan fingerprint density at radius 1 is 1.12 bits per heavy atom. The number of methoxy groups -OCH3 is 1. The molecule has 0 aliphatic rings. The van der Waals surface area contributed by atoms with Crippen molar-refractivity contribution >= 4 is 11.9 Å². The number of carbonyl (C=O) groups excluding carboxylic acids is 2. The fraction of sp³-hybridized carbons (Fsp3) is 0.300. The molecule has 1 amide bonds. The van der Waals surface area contributed by atoms with Crippen molar-refractivity contribution in [2.75, 3.05) is 13.7 Å². The Morgan fingerprint density at radius 3 is 2.46 bits per heavy atom. The zero-order valence-electron chi connectivity index (χ0n) is 15.3. The number of nitrogens with one attached hydrogen (secondary N) is 1. The molecular weight excluding hydrogens is 337 g/mol. The second-order valence-corrected chi connectivity index (χ2v) is 6.05. The quantitative estimate of drug-likeness (QED) is 0.802. The predicted molar refractivity (Wildman–Crippen MR) is 95.7 cm³/mol. The molecule has 0 aromatic heterocycles. The van der Waals surface area contributed by atoms with Crippen LogP contribution in [0, 0.1) is 19.7 Å². The number of ether oxygens (including phenoxy) is 2. The first-order chi connectivity index (χ1) is 12.3. The maximum absolute atomic E-state index is 13.8. The summed E-state index contributed by atoms with van der Waals surface area (Å²) in [5.74, 6) is -1.84. The van der Waals surface area contributed by atoms with Gasteiger partial charge in [-0.15, -0.1) is 0 Å². The zero-order valence-corrected chi connectivity index (χ0v) is 15.3. The molecule has 0 radical (unpaired) electrons. The van der Waals surface area contributed by atoms with Crippen molar-refractivity contribution in [3.63, 3.8) is 0 Å². The van der Waals surface area contributed by atoms with Gasteiger partial charge in [-0.25, -0.2) is 9.18 Å². The van der Waals surface area contributed by atoms with Crippen molar-refractivity contribution in [3.05, 3.63) is 64.5 Å². The van der Waals surface area contributed by atoms with Gasteiger partial charge in [0.05, 0.1) is 18.7 Å². The van der Waals surface area contributed by atoms with Gasteiger partial charge in [0, 0.05) is 6.07 Å². The highest BCUT2D eigenvalue weighted by molar-refractivity contribution is 5.91. The molecule has 2 aromatic rings. The van der Waals surface area contributed by atoms with Crippen molar-refractivity contribution < 1.29 is 23.5 Å². The highest BCUT2D eigenvalue weighted by atomic mass is 19.1. The maximum atomic E-state index is 13.8. The summed E-state index contributed by atoms with van der Waals surface area (Å²) < 4.78 is 23.6. The summed E-state index contributed by atoms with van der Waals surface area (Å²) in [5.41, 5.74) is 3.00. The lowest BCUT2D eigenvalue weighted by molar-refractivity contribution is -0.124. The Balaban J connectivity index is 1.91. The predicted octanol–water partition coefficient (Wildman–Crippen LogP) is 3.49. The number of hydrogen-bond acceptors (Lipinski definition) is 4. The highest BCUT2D eigenvalue weighted by Gasteiger charge is 2.17. The van der Waals surface area contributed by atoms with Crippen molar-refractivity contribution in [2.24, 2.45) is 0 Å². The molecule has 26 heavy (non-hydrogen) atoms. The number of rotatable bonds is 6. The molecule has 0 fully saturated rings. The van der Waals surface area contributed by atoms with Gasteiger partial charge in [0.15, 0.2) is 6.61 Å². The summed E-state index contributed by atoms with van der Waals surface area (Å²) in [7, 11) is 1.40. The normalized spacial score (nSPS) is 11.6. The van der Waals surface area contributed by atoms with Crippen LogP contribution in [-0.2, 0) is 9.53 Å². The molecule has 6 heteroatoms. The van der Waals surface area contributed by atoms with Crippen LogP contribution in [-0.4, -0.2) is 25.6 Å². The minimum Gasteiger partial charge on any atom is -0.497 e. The smallest absolute Gasteiger partial charge is 0.341 e. The van der Waals surface area contributed by atoms with Crippen LogP contribution in [0.25, 0.3) is 0 Å². The van der Waals surface area contributed by atoms with Crippen LogP contribution >= 0.6 is 0 Å². The molecule has 1 N–H and O–H groups in total. The molecule has 0 spiro atoms. The van der Waals surface area contributed by atoms with Crippen molar-refractivity contribution in [1.29, 1.82) is 0 Å². The number of benzene rings is 2. The zero-order chi connectivity index (χ0) is 19.3. The monoisotopic (exact) mass is 359 g/mol. The molecule has 0 saturated carbocycles. The second-order valence-electron chi connectivity index (χ2n) is 6.05. The molecule has 0 heterocycles. The maximum Gasteiger partial charge on any atom is 0.341 e. The Labute approximate surface area is 152 Å². The van der Waals surface area contributed by atoms with Gasteiger partial charge >= 0.3 is 5.97 Å². The van der Waals surface area contributed by atoms with E-state index in [2.05, 4.69) is 5.32 Å². The highest BCUT2D eigenvalue weighted by Crippen LogP contribution is 2.18. The molecular formula is C20H22FNO4. The van der Waals surface area contributed by atoms with Crippen LogP contribution in [0.15, 0.2) is 36.4 Å². The number of esters is 1. The van der Waals surface area contributed by atoms with E-state index in [0.29, 0.717) is 5.75 Å². The average Bonchev–Trinajstić information content (AvgIpc) is 2.61. The molecule has 2 aromatic carbocycles. The molecule has 138 valence electrons. The van der Waals surface area contributed by atoms with Crippen LogP contribution in [0.5, 0.6) is 5.75 Å². The Morgan fingerprint density at radius 2 is 1.85 bits per heavy atom. The first-order valence-electron chi connectivity index (χ1n) is 8.19. The molecule has 0 aliphatic carbocycles. The molecule has 0 saturated heterocycles. The standard InChI is InChI=1S/C20H22FNO4/c1-12-5-6-15(9-13(12)2)14(3)22-19(23)11-26-20(24)17-8-7-16(25-4)10-18(17)21/h5-10,14H,11H2,1-4H3,(H,22,23)/t14-/m1/s1. The summed E-state index contributed by atoms with van der Waals surface area (Å²) in [5, 5.41) is 2.75. The molecule has 0 unspecified atom stereocenters. The van der Waals surface area contributed by atoms with E-state index in [1.807, 2.05) is 39.0 Å². The largest absolute Gasteiger partial charge is 0.497 e. The van der Waals surface area contributed by atoms with E-state index in [4.69, 9.17) is 9.47 Å². The molecule has 5 nitrogen and oxygen atoms in total. The van der Waals surface area contributed by atoms with Crippen molar-refractivity contribution in [1.82, 2.24) is 5.32 Å². The molecule has 2 rings (SSSR count). The third kappa shape index (κ3) is 4.81. The van der Waals surface area contributed by atoms with Crippen LogP contribution in [0.2, 0.25) is 0 Å². The Bertz CT molecular complexity index is 819. The summed E-state index contributed by atoms with van der Waals surface area (Å²) in [6.07, 6.45) is 0. The van der Waals surface area contributed by atoms with Gasteiger partial charge < -0.3 is 14.8 Å².